The Morgan fingerprint density at radius 2 is 2.31 bits per heavy atom. The number of carboxylic acid groups (broad SMARTS) is 1. The third-order valence-electron chi connectivity index (χ3n) is 1.80. The molecule has 7 heteroatoms. The highest BCUT2D eigenvalue weighted by atomic mass is 32.1. The lowest BCUT2D eigenvalue weighted by Crippen LogP contribution is -2.39. The van der Waals surface area contributed by atoms with Gasteiger partial charge in [0.05, 0.1) is 12.2 Å². The summed E-state index contributed by atoms with van der Waals surface area (Å²) in [6.07, 6.45) is 0. The van der Waals surface area contributed by atoms with Gasteiger partial charge in [-0.05, 0) is 13.8 Å². The van der Waals surface area contributed by atoms with Crippen molar-refractivity contribution in [2.45, 2.75) is 19.9 Å². The molecule has 16 heavy (non-hydrogen) atoms. The SMILES string of the molecule is Cc1csc(NC(=O)CN[C@H](C)C(=O)O)n1. The van der Waals surface area contributed by atoms with Crippen LogP contribution in [0, 0.1) is 6.92 Å². The molecular formula is C9H13N3O3S. The number of nitrogens with zero attached hydrogens (tertiary/aromatic N) is 1. The molecule has 0 aliphatic carbocycles. The lowest BCUT2D eigenvalue weighted by molar-refractivity contribution is -0.139. The number of carbonyl (C=O) groups is 2. The van der Waals surface area contributed by atoms with Gasteiger partial charge >= 0.3 is 5.97 Å². The first kappa shape index (κ1) is 12.6. The van der Waals surface area contributed by atoms with Gasteiger partial charge in [-0.1, -0.05) is 0 Å². The third-order valence-corrected chi connectivity index (χ3v) is 2.68. The van der Waals surface area contributed by atoms with Gasteiger partial charge in [-0.25, -0.2) is 4.98 Å². The Balaban J connectivity index is 2.34. The van der Waals surface area contributed by atoms with E-state index in [1.165, 1.54) is 18.3 Å². The summed E-state index contributed by atoms with van der Waals surface area (Å²) in [5.41, 5.74) is 0.840. The monoisotopic (exact) mass is 243 g/mol. The second-order valence-electron chi connectivity index (χ2n) is 3.28. The van der Waals surface area contributed by atoms with E-state index in [-0.39, 0.29) is 12.5 Å². The molecule has 6 nitrogen and oxygen atoms in total. The molecule has 1 amide bonds. The second-order valence-corrected chi connectivity index (χ2v) is 4.14. The van der Waals surface area contributed by atoms with Gasteiger partial charge in [0.2, 0.25) is 5.91 Å². The summed E-state index contributed by atoms with van der Waals surface area (Å²) in [4.78, 5) is 25.9. The van der Waals surface area contributed by atoms with Crippen LogP contribution >= 0.6 is 11.3 Å². The van der Waals surface area contributed by atoms with Crippen molar-refractivity contribution < 1.29 is 14.7 Å². The van der Waals surface area contributed by atoms with E-state index in [2.05, 4.69) is 15.6 Å². The van der Waals surface area contributed by atoms with E-state index in [9.17, 15) is 9.59 Å². The van der Waals surface area contributed by atoms with Crippen LogP contribution in [-0.2, 0) is 9.59 Å². The molecule has 0 unspecified atom stereocenters. The number of hydrogen-bond donors (Lipinski definition) is 3. The lowest BCUT2D eigenvalue weighted by atomic mass is 10.3. The Bertz CT molecular complexity index is 391. The number of aryl methyl sites for hydroxylation is 1. The summed E-state index contributed by atoms with van der Waals surface area (Å²) in [5, 5.41) is 16.1. The van der Waals surface area contributed by atoms with Crippen LogP contribution in [0.3, 0.4) is 0 Å². The topological polar surface area (TPSA) is 91.3 Å². The van der Waals surface area contributed by atoms with Gasteiger partial charge < -0.3 is 10.4 Å². The minimum atomic E-state index is -0.988. The number of carbonyl (C=O) groups excluding carboxylic acids is 1. The van der Waals surface area contributed by atoms with E-state index in [1.807, 2.05) is 12.3 Å². The first-order valence-corrected chi connectivity index (χ1v) is 5.55. The second kappa shape index (κ2) is 5.57. The van der Waals surface area contributed by atoms with Crippen LogP contribution < -0.4 is 10.6 Å². The van der Waals surface area contributed by atoms with E-state index in [4.69, 9.17) is 5.11 Å². The standard InChI is InChI=1S/C9H13N3O3S/c1-5-4-16-9(11-5)12-7(13)3-10-6(2)8(14)15/h4,6,10H,3H2,1-2H3,(H,14,15)(H,11,12,13)/t6-/m1/s1. The zero-order valence-electron chi connectivity index (χ0n) is 8.98. The number of aliphatic carboxylic acids is 1. The predicted octanol–water partition coefficient (Wildman–Crippen LogP) is 0.453. The van der Waals surface area contributed by atoms with Crippen LogP contribution in [-0.4, -0.2) is 34.6 Å². The minimum Gasteiger partial charge on any atom is -0.480 e. The van der Waals surface area contributed by atoms with Gasteiger partial charge in [0.1, 0.15) is 6.04 Å². The summed E-state index contributed by atoms with van der Waals surface area (Å²) in [6.45, 7) is 3.26. The number of anilines is 1. The molecule has 1 aromatic rings. The molecule has 0 saturated carbocycles. The summed E-state index contributed by atoms with van der Waals surface area (Å²) >= 11 is 1.33. The molecule has 0 radical (unpaired) electrons. The maximum Gasteiger partial charge on any atom is 0.320 e. The normalized spacial score (nSPS) is 12.1. The van der Waals surface area contributed by atoms with Gasteiger partial charge in [0.25, 0.3) is 0 Å². The van der Waals surface area contributed by atoms with Crippen LogP contribution in [0.1, 0.15) is 12.6 Å². The van der Waals surface area contributed by atoms with Gasteiger partial charge in [-0.3, -0.25) is 14.9 Å². The number of hydrogen-bond acceptors (Lipinski definition) is 5. The maximum absolute atomic E-state index is 11.3. The molecular weight excluding hydrogens is 230 g/mol. The molecule has 0 aromatic carbocycles. The van der Waals surface area contributed by atoms with Crippen LogP contribution in [0.2, 0.25) is 0 Å². The Labute approximate surface area is 96.7 Å². The number of thiazole rings is 1. The van der Waals surface area contributed by atoms with Gasteiger partial charge in [-0.15, -0.1) is 11.3 Å². The average molecular weight is 243 g/mol. The van der Waals surface area contributed by atoms with Crippen LogP contribution in [0.25, 0.3) is 0 Å². The van der Waals surface area contributed by atoms with Crippen LogP contribution in [0.5, 0.6) is 0 Å². The molecule has 1 atom stereocenters. The fourth-order valence-electron chi connectivity index (χ4n) is 0.908. The number of aromatic nitrogens is 1. The van der Waals surface area contributed by atoms with E-state index in [0.29, 0.717) is 5.13 Å². The van der Waals surface area contributed by atoms with Gasteiger partial charge in [0, 0.05) is 5.38 Å². The van der Waals surface area contributed by atoms with Crippen molar-refractivity contribution in [2.75, 3.05) is 11.9 Å². The summed E-state index contributed by atoms with van der Waals surface area (Å²) in [7, 11) is 0. The summed E-state index contributed by atoms with van der Waals surface area (Å²) in [5.74, 6) is -1.29. The predicted molar refractivity (Wildman–Crippen MR) is 60.6 cm³/mol. The molecule has 0 spiro atoms. The molecule has 0 saturated heterocycles. The van der Waals surface area contributed by atoms with E-state index in [1.54, 1.807) is 0 Å². The van der Waals surface area contributed by atoms with E-state index < -0.39 is 12.0 Å². The highest BCUT2D eigenvalue weighted by Gasteiger charge is 2.12. The molecule has 1 heterocycles. The molecule has 0 aliphatic rings. The molecule has 88 valence electrons. The third kappa shape index (κ3) is 3.95. The van der Waals surface area contributed by atoms with Crippen LogP contribution in [0.15, 0.2) is 5.38 Å². The largest absolute Gasteiger partial charge is 0.480 e. The molecule has 1 rings (SSSR count). The number of carboxylic acids is 1. The summed E-state index contributed by atoms with van der Waals surface area (Å²) < 4.78 is 0. The van der Waals surface area contributed by atoms with E-state index >= 15 is 0 Å². The quantitative estimate of drug-likeness (QED) is 0.698. The molecule has 3 N–H and O–H groups in total. The van der Waals surface area contributed by atoms with Crippen molar-refractivity contribution in [1.29, 1.82) is 0 Å². The van der Waals surface area contributed by atoms with Crippen LogP contribution in [0.4, 0.5) is 5.13 Å². The van der Waals surface area contributed by atoms with E-state index in [0.717, 1.165) is 5.69 Å². The number of amides is 1. The number of rotatable bonds is 5. The molecule has 0 aliphatic heterocycles. The lowest BCUT2D eigenvalue weighted by Gasteiger charge is -2.07. The first-order chi connectivity index (χ1) is 7.49. The zero-order chi connectivity index (χ0) is 12.1. The highest BCUT2D eigenvalue weighted by Crippen LogP contribution is 2.13. The van der Waals surface area contributed by atoms with Crippen molar-refractivity contribution in [3.63, 3.8) is 0 Å². The summed E-state index contributed by atoms with van der Waals surface area (Å²) in [6, 6.07) is -0.746. The Hall–Kier alpha value is -1.47. The maximum atomic E-state index is 11.3. The van der Waals surface area contributed by atoms with Gasteiger partial charge in [0.15, 0.2) is 5.13 Å². The Morgan fingerprint density at radius 1 is 1.62 bits per heavy atom. The highest BCUT2D eigenvalue weighted by molar-refractivity contribution is 7.13. The molecule has 1 aromatic heterocycles. The fraction of sp³-hybridized carbons (Fsp3) is 0.444. The Morgan fingerprint density at radius 3 is 2.81 bits per heavy atom. The van der Waals surface area contributed by atoms with Crippen molar-refractivity contribution in [3.8, 4) is 0 Å². The van der Waals surface area contributed by atoms with Crippen molar-refractivity contribution >= 4 is 28.3 Å². The minimum absolute atomic E-state index is 0.0495. The first-order valence-electron chi connectivity index (χ1n) is 4.67. The zero-order valence-corrected chi connectivity index (χ0v) is 9.80. The van der Waals surface area contributed by atoms with Crippen molar-refractivity contribution in [1.82, 2.24) is 10.3 Å². The van der Waals surface area contributed by atoms with Crippen molar-refractivity contribution in [2.24, 2.45) is 0 Å². The molecule has 0 bridgehead atoms. The number of nitrogens with one attached hydrogen (secondary N) is 2. The Kier molecular flexibility index (Phi) is 4.39. The molecule has 0 fully saturated rings. The smallest absolute Gasteiger partial charge is 0.320 e. The van der Waals surface area contributed by atoms with Crippen molar-refractivity contribution in [3.05, 3.63) is 11.1 Å². The fourth-order valence-corrected chi connectivity index (χ4v) is 1.61. The van der Waals surface area contributed by atoms with Gasteiger partial charge in [-0.2, -0.15) is 0 Å². The average Bonchev–Trinajstić information content (AvgIpc) is 2.60.